The fourth-order valence-electron chi connectivity index (χ4n) is 1.60. The SMILES string of the molecule is Cc1ccc(C(O)CCOCCC(C)C)cc1F. The van der Waals surface area contributed by atoms with E-state index in [-0.39, 0.29) is 5.82 Å². The molecular weight excluding hydrogens is 231 g/mol. The molecule has 18 heavy (non-hydrogen) atoms. The number of benzene rings is 1. The van der Waals surface area contributed by atoms with Gasteiger partial charge in [-0.2, -0.15) is 0 Å². The molecule has 0 bridgehead atoms. The van der Waals surface area contributed by atoms with Crippen molar-refractivity contribution in [2.45, 2.75) is 39.7 Å². The Morgan fingerprint density at radius 1 is 1.22 bits per heavy atom. The van der Waals surface area contributed by atoms with Gasteiger partial charge in [-0.1, -0.05) is 26.0 Å². The molecule has 0 aliphatic rings. The van der Waals surface area contributed by atoms with Gasteiger partial charge in [-0.05, 0) is 36.5 Å². The van der Waals surface area contributed by atoms with Gasteiger partial charge in [0.25, 0.3) is 0 Å². The van der Waals surface area contributed by atoms with Crippen molar-refractivity contribution in [2.24, 2.45) is 5.92 Å². The van der Waals surface area contributed by atoms with E-state index in [0.717, 1.165) is 6.42 Å². The van der Waals surface area contributed by atoms with Crippen LogP contribution in [-0.4, -0.2) is 18.3 Å². The van der Waals surface area contributed by atoms with Crippen molar-refractivity contribution in [1.29, 1.82) is 0 Å². The molecule has 0 radical (unpaired) electrons. The Labute approximate surface area is 109 Å². The van der Waals surface area contributed by atoms with Gasteiger partial charge in [-0.3, -0.25) is 0 Å². The van der Waals surface area contributed by atoms with Crippen LogP contribution in [0.3, 0.4) is 0 Å². The van der Waals surface area contributed by atoms with Crippen LogP contribution < -0.4 is 0 Å². The van der Waals surface area contributed by atoms with Gasteiger partial charge >= 0.3 is 0 Å². The monoisotopic (exact) mass is 254 g/mol. The lowest BCUT2D eigenvalue weighted by atomic mass is 10.0. The molecule has 1 aromatic carbocycles. The summed E-state index contributed by atoms with van der Waals surface area (Å²) in [4.78, 5) is 0. The number of hydrogen-bond acceptors (Lipinski definition) is 2. The first kappa shape index (κ1) is 15.1. The molecule has 0 aliphatic carbocycles. The van der Waals surface area contributed by atoms with Crippen LogP contribution in [0.4, 0.5) is 4.39 Å². The van der Waals surface area contributed by atoms with Crippen molar-refractivity contribution >= 4 is 0 Å². The van der Waals surface area contributed by atoms with Crippen molar-refractivity contribution in [3.63, 3.8) is 0 Å². The lowest BCUT2D eigenvalue weighted by molar-refractivity contribution is 0.0765. The van der Waals surface area contributed by atoms with Crippen LogP contribution in [0.2, 0.25) is 0 Å². The van der Waals surface area contributed by atoms with Crippen LogP contribution >= 0.6 is 0 Å². The van der Waals surface area contributed by atoms with Crippen LogP contribution in [-0.2, 0) is 4.74 Å². The maximum absolute atomic E-state index is 13.3. The zero-order valence-electron chi connectivity index (χ0n) is 11.4. The van der Waals surface area contributed by atoms with E-state index >= 15 is 0 Å². The Balaban J connectivity index is 2.31. The first-order valence-electron chi connectivity index (χ1n) is 6.52. The third-order valence-electron chi connectivity index (χ3n) is 2.96. The zero-order valence-corrected chi connectivity index (χ0v) is 11.4. The molecule has 0 amide bonds. The van der Waals surface area contributed by atoms with E-state index in [1.807, 2.05) is 0 Å². The van der Waals surface area contributed by atoms with Crippen molar-refractivity contribution in [1.82, 2.24) is 0 Å². The average Bonchev–Trinajstić information content (AvgIpc) is 2.31. The first-order valence-corrected chi connectivity index (χ1v) is 6.52. The quantitative estimate of drug-likeness (QED) is 0.753. The minimum Gasteiger partial charge on any atom is -0.388 e. The Kier molecular flexibility index (Phi) is 6.30. The molecule has 0 saturated carbocycles. The highest BCUT2D eigenvalue weighted by atomic mass is 19.1. The fraction of sp³-hybridized carbons (Fsp3) is 0.600. The summed E-state index contributed by atoms with van der Waals surface area (Å²) in [6.07, 6.45) is 0.870. The number of aliphatic hydroxyl groups excluding tert-OH is 1. The van der Waals surface area contributed by atoms with Crippen molar-refractivity contribution < 1.29 is 14.2 Å². The number of aryl methyl sites for hydroxylation is 1. The second-order valence-corrected chi connectivity index (χ2v) is 5.11. The number of hydrogen-bond donors (Lipinski definition) is 1. The van der Waals surface area contributed by atoms with Crippen molar-refractivity contribution in [3.05, 3.63) is 35.1 Å². The largest absolute Gasteiger partial charge is 0.388 e. The molecule has 2 nitrogen and oxygen atoms in total. The summed E-state index contributed by atoms with van der Waals surface area (Å²) in [5.41, 5.74) is 1.21. The van der Waals surface area contributed by atoms with Gasteiger partial charge in [-0.15, -0.1) is 0 Å². The average molecular weight is 254 g/mol. The Hall–Kier alpha value is -0.930. The van der Waals surface area contributed by atoms with E-state index in [0.29, 0.717) is 36.7 Å². The molecule has 1 unspecified atom stereocenters. The second kappa shape index (κ2) is 7.49. The molecule has 1 aromatic rings. The Morgan fingerprint density at radius 3 is 2.50 bits per heavy atom. The molecule has 0 spiro atoms. The smallest absolute Gasteiger partial charge is 0.126 e. The molecule has 1 atom stereocenters. The molecule has 3 heteroatoms. The number of halogens is 1. The van der Waals surface area contributed by atoms with Gasteiger partial charge in [-0.25, -0.2) is 4.39 Å². The van der Waals surface area contributed by atoms with E-state index in [1.54, 1.807) is 19.1 Å². The molecule has 0 heterocycles. The highest BCUT2D eigenvalue weighted by Gasteiger charge is 2.09. The normalized spacial score (nSPS) is 13.0. The van der Waals surface area contributed by atoms with Crippen molar-refractivity contribution in [3.8, 4) is 0 Å². The van der Waals surface area contributed by atoms with E-state index in [4.69, 9.17) is 4.74 Å². The van der Waals surface area contributed by atoms with Gasteiger partial charge < -0.3 is 9.84 Å². The predicted molar refractivity (Wildman–Crippen MR) is 71.0 cm³/mol. The van der Waals surface area contributed by atoms with Gasteiger partial charge in [0.1, 0.15) is 5.82 Å². The van der Waals surface area contributed by atoms with Crippen LogP contribution in [0, 0.1) is 18.7 Å². The summed E-state index contributed by atoms with van der Waals surface area (Å²) in [6, 6.07) is 4.85. The highest BCUT2D eigenvalue weighted by molar-refractivity contribution is 5.24. The van der Waals surface area contributed by atoms with E-state index in [1.165, 1.54) is 6.07 Å². The van der Waals surface area contributed by atoms with E-state index in [2.05, 4.69) is 13.8 Å². The zero-order chi connectivity index (χ0) is 13.5. The summed E-state index contributed by atoms with van der Waals surface area (Å²) in [5.74, 6) is 0.355. The fourth-order valence-corrected chi connectivity index (χ4v) is 1.60. The molecule has 0 aromatic heterocycles. The maximum atomic E-state index is 13.3. The third kappa shape index (κ3) is 5.15. The summed E-state index contributed by atoms with van der Waals surface area (Å²) in [5, 5.41) is 9.90. The van der Waals surface area contributed by atoms with Crippen LogP contribution in [0.5, 0.6) is 0 Å². The predicted octanol–water partition coefficient (Wildman–Crippen LogP) is 3.62. The van der Waals surface area contributed by atoms with Gasteiger partial charge in [0.15, 0.2) is 0 Å². The second-order valence-electron chi connectivity index (χ2n) is 5.11. The third-order valence-corrected chi connectivity index (χ3v) is 2.96. The molecule has 102 valence electrons. The van der Waals surface area contributed by atoms with Crippen LogP contribution in [0.1, 0.15) is 43.9 Å². The summed E-state index contributed by atoms with van der Waals surface area (Å²) in [7, 11) is 0. The number of rotatable bonds is 7. The Morgan fingerprint density at radius 2 is 1.89 bits per heavy atom. The molecule has 1 N–H and O–H groups in total. The lowest BCUT2D eigenvalue weighted by Crippen LogP contribution is -2.06. The van der Waals surface area contributed by atoms with Gasteiger partial charge in [0.2, 0.25) is 0 Å². The minimum absolute atomic E-state index is 0.271. The first-order chi connectivity index (χ1) is 8.50. The molecule has 0 aliphatic heterocycles. The molecule has 0 saturated heterocycles. The standard InChI is InChI=1S/C15H23FO2/c1-11(2)6-8-18-9-7-15(17)13-5-4-12(3)14(16)10-13/h4-5,10-11,15,17H,6-9H2,1-3H3. The van der Waals surface area contributed by atoms with Gasteiger partial charge in [0, 0.05) is 19.6 Å². The van der Waals surface area contributed by atoms with Crippen LogP contribution in [0.15, 0.2) is 18.2 Å². The summed E-state index contributed by atoms with van der Waals surface area (Å²) in [6.45, 7) is 7.22. The molecule has 1 rings (SSSR count). The summed E-state index contributed by atoms with van der Waals surface area (Å²) >= 11 is 0. The van der Waals surface area contributed by atoms with Gasteiger partial charge in [0.05, 0.1) is 6.10 Å². The minimum atomic E-state index is -0.654. The highest BCUT2D eigenvalue weighted by Crippen LogP contribution is 2.19. The van der Waals surface area contributed by atoms with E-state index < -0.39 is 6.10 Å². The maximum Gasteiger partial charge on any atom is 0.126 e. The molecule has 0 fully saturated rings. The number of ether oxygens (including phenoxy) is 1. The number of aliphatic hydroxyl groups is 1. The lowest BCUT2D eigenvalue weighted by Gasteiger charge is -2.12. The van der Waals surface area contributed by atoms with Crippen molar-refractivity contribution in [2.75, 3.05) is 13.2 Å². The van der Waals surface area contributed by atoms with E-state index in [9.17, 15) is 9.50 Å². The summed E-state index contributed by atoms with van der Waals surface area (Å²) < 4.78 is 18.8. The molecular formula is C15H23FO2. The topological polar surface area (TPSA) is 29.5 Å². The van der Waals surface area contributed by atoms with Crippen LogP contribution in [0.25, 0.3) is 0 Å². The Bertz CT molecular complexity index is 364.